The molecule has 3 heterocycles. The van der Waals surface area contributed by atoms with Gasteiger partial charge in [0.25, 0.3) is 0 Å². The van der Waals surface area contributed by atoms with Crippen molar-refractivity contribution in [1.82, 2.24) is 0 Å². The zero-order valence-electron chi connectivity index (χ0n) is 15.7. The van der Waals surface area contributed by atoms with Crippen molar-refractivity contribution < 1.29 is 33.9 Å². The molecular formula is C18H26ClNO7. The lowest BCUT2D eigenvalue weighted by atomic mass is 9.79. The van der Waals surface area contributed by atoms with Crippen LogP contribution < -0.4 is 0 Å². The molecule has 3 rings (SSSR count). The van der Waals surface area contributed by atoms with E-state index in [1.807, 2.05) is 0 Å². The lowest BCUT2D eigenvalue weighted by Gasteiger charge is -2.42. The number of alkyl halides is 1. The third-order valence-electron chi connectivity index (χ3n) is 6.32. The Balaban J connectivity index is 2.00. The summed E-state index contributed by atoms with van der Waals surface area (Å²) in [7, 11) is 0. The first-order valence-electron chi connectivity index (χ1n) is 9.15. The zero-order chi connectivity index (χ0) is 20.2. The highest BCUT2D eigenvalue weighted by Crippen LogP contribution is 2.40. The minimum Gasteiger partial charge on any atom is -0.632 e. The topological polar surface area (TPSA) is 116 Å². The summed E-state index contributed by atoms with van der Waals surface area (Å²) in [6.45, 7) is 4.56. The summed E-state index contributed by atoms with van der Waals surface area (Å²) in [6.07, 6.45) is 1.03. The van der Waals surface area contributed by atoms with Crippen LogP contribution in [0.5, 0.6) is 0 Å². The molecule has 27 heavy (non-hydrogen) atoms. The van der Waals surface area contributed by atoms with Crippen molar-refractivity contribution in [2.24, 2.45) is 5.92 Å². The number of carbonyl (C=O) groups is 2. The molecule has 9 heteroatoms. The second-order valence-corrected chi connectivity index (χ2v) is 8.84. The number of hydrogen-bond acceptors (Lipinski definition) is 7. The Kier molecular flexibility index (Phi) is 5.10. The highest BCUT2D eigenvalue weighted by atomic mass is 35.5. The first-order valence-corrected chi connectivity index (χ1v) is 9.59. The van der Waals surface area contributed by atoms with Crippen molar-refractivity contribution in [3.63, 3.8) is 0 Å². The molecule has 7 atom stereocenters. The van der Waals surface area contributed by atoms with Gasteiger partial charge in [-0.3, -0.25) is 0 Å². The number of hydroxylamine groups is 3. The predicted octanol–water partition coefficient (Wildman–Crippen LogP) is 0.617. The van der Waals surface area contributed by atoms with E-state index in [1.165, 1.54) is 20.8 Å². The molecule has 3 aliphatic heterocycles. The van der Waals surface area contributed by atoms with Gasteiger partial charge in [0, 0.05) is 12.0 Å². The molecule has 0 radical (unpaired) electrons. The number of rotatable bonds is 1. The molecule has 3 aliphatic rings. The average molecular weight is 404 g/mol. The van der Waals surface area contributed by atoms with Crippen LogP contribution in [-0.4, -0.2) is 75.2 Å². The van der Waals surface area contributed by atoms with Crippen LogP contribution in [0.25, 0.3) is 0 Å². The quantitative estimate of drug-likeness (QED) is 0.217. The average Bonchev–Trinajstić information content (AvgIpc) is 3.07. The monoisotopic (exact) mass is 403 g/mol. The van der Waals surface area contributed by atoms with Gasteiger partial charge in [0.2, 0.25) is 0 Å². The first kappa shape index (κ1) is 20.5. The van der Waals surface area contributed by atoms with Crippen LogP contribution in [-0.2, 0) is 19.1 Å². The molecular weight excluding hydrogens is 378 g/mol. The smallest absolute Gasteiger partial charge is 0.340 e. The molecule has 8 nitrogen and oxygen atoms in total. The van der Waals surface area contributed by atoms with Crippen molar-refractivity contribution in [3.05, 3.63) is 16.9 Å². The van der Waals surface area contributed by atoms with E-state index in [2.05, 4.69) is 0 Å². The molecule has 0 aromatic rings. The molecule has 2 N–H and O–H groups in total. The maximum atomic E-state index is 13.0. The van der Waals surface area contributed by atoms with Gasteiger partial charge in [-0.15, -0.1) is 11.6 Å². The van der Waals surface area contributed by atoms with Gasteiger partial charge in [0.15, 0.2) is 23.3 Å². The number of aliphatic hydroxyl groups is 2. The number of ether oxygens (including phenoxy) is 2. The standard InChI is InChI=1S/C18H26ClNO7/c1-10-8-18(24,11(2)19)16(22)27-13-5-7-20(25)6-4-12(14(13)20)9-26-15(21)17(10,3)23/h4,10-11,13-14,23-24H,5-9H2,1-3H3/t10-,11-,13?,14-,17-,18?,20?/m1/s1. The van der Waals surface area contributed by atoms with Crippen LogP contribution in [0.2, 0.25) is 0 Å². The van der Waals surface area contributed by atoms with E-state index < -0.39 is 51.2 Å². The van der Waals surface area contributed by atoms with E-state index in [4.69, 9.17) is 21.1 Å². The normalized spacial score (nSPS) is 46.5. The number of halogens is 1. The molecule has 2 saturated heterocycles. The molecule has 0 spiro atoms. The van der Waals surface area contributed by atoms with E-state index in [-0.39, 0.29) is 26.1 Å². The summed E-state index contributed by atoms with van der Waals surface area (Å²) in [5.41, 5.74) is -3.49. The Labute approximate surface area is 162 Å². The molecule has 0 aromatic carbocycles. The van der Waals surface area contributed by atoms with E-state index >= 15 is 0 Å². The fourth-order valence-corrected chi connectivity index (χ4v) is 4.34. The minimum absolute atomic E-state index is 0.140. The molecule has 0 bridgehead atoms. The van der Waals surface area contributed by atoms with Gasteiger partial charge < -0.3 is 29.5 Å². The van der Waals surface area contributed by atoms with E-state index in [0.29, 0.717) is 12.0 Å². The summed E-state index contributed by atoms with van der Waals surface area (Å²) in [5.74, 6) is -2.65. The van der Waals surface area contributed by atoms with Crippen LogP contribution in [0.3, 0.4) is 0 Å². The molecule has 0 saturated carbocycles. The first-order chi connectivity index (χ1) is 12.4. The lowest BCUT2D eigenvalue weighted by Crippen LogP contribution is -2.55. The van der Waals surface area contributed by atoms with Crippen LogP contribution in [0.1, 0.15) is 33.6 Å². The fourth-order valence-electron chi connectivity index (χ4n) is 4.16. The summed E-state index contributed by atoms with van der Waals surface area (Å²) >= 11 is 6.09. The van der Waals surface area contributed by atoms with Crippen LogP contribution >= 0.6 is 11.6 Å². The summed E-state index contributed by atoms with van der Waals surface area (Å²) in [4.78, 5) is 25.3. The zero-order valence-corrected chi connectivity index (χ0v) is 16.4. The number of esters is 2. The van der Waals surface area contributed by atoms with E-state index in [9.17, 15) is 25.0 Å². The molecule has 3 unspecified atom stereocenters. The Morgan fingerprint density at radius 1 is 1.37 bits per heavy atom. The van der Waals surface area contributed by atoms with E-state index in [1.54, 1.807) is 6.08 Å². The molecule has 0 aliphatic carbocycles. The van der Waals surface area contributed by atoms with Gasteiger partial charge in [-0.1, -0.05) is 6.92 Å². The van der Waals surface area contributed by atoms with Crippen LogP contribution in [0, 0.1) is 11.1 Å². The molecule has 2 fully saturated rings. The summed E-state index contributed by atoms with van der Waals surface area (Å²) < 4.78 is 10.3. The number of hydrogen-bond donors (Lipinski definition) is 2. The highest BCUT2D eigenvalue weighted by Gasteiger charge is 2.55. The predicted molar refractivity (Wildman–Crippen MR) is 95.4 cm³/mol. The molecule has 152 valence electrons. The van der Waals surface area contributed by atoms with Gasteiger partial charge in [0.05, 0.1) is 18.5 Å². The molecule has 0 amide bonds. The third kappa shape index (κ3) is 3.27. The van der Waals surface area contributed by atoms with Gasteiger partial charge in [-0.25, -0.2) is 9.59 Å². The second kappa shape index (κ2) is 6.70. The van der Waals surface area contributed by atoms with Crippen LogP contribution in [0.15, 0.2) is 11.6 Å². The second-order valence-electron chi connectivity index (χ2n) is 8.18. The van der Waals surface area contributed by atoms with Crippen molar-refractivity contribution >= 4 is 23.5 Å². The maximum absolute atomic E-state index is 13.0. The number of quaternary nitrogens is 1. The number of nitrogens with zero attached hydrogens (tertiary/aromatic N) is 1. The maximum Gasteiger partial charge on any atom is 0.340 e. The Morgan fingerprint density at radius 2 is 2.04 bits per heavy atom. The Hall–Kier alpha value is -1.19. The Bertz CT molecular complexity index is 679. The minimum atomic E-state index is -2.12. The van der Waals surface area contributed by atoms with E-state index in [0.717, 1.165) is 0 Å². The highest BCUT2D eigenvalue weighted by molar-refractivity contribution is 6.22. The number of cyclic esters (lactones) is 1. The fraction of sp³-hybridized carbons (Fsp3) is 0.778. The lowest BCUT2D eigenvalue weighted by molar-refractivity contribution is -0.877. The number of carbonyl (C=O) groups excluding carboxylic acids is 2. The van der Waals surface area contributed by atoms with Gasteiger partial charge in [-0.05, 0) is 32.3 Å². The van der Waals surface area contributed by atoms with Crippen LogP contribution in [0.4, 0.5) is 0 Å². The van der Waals surface area contributed by atoms with Gasteiger partial charge >= 0.3 is 11.9 Å². The molecule has 0 aromatic heterocycles. The SMILES string of the molecule is C[C@@H]1CC(O)([C@@H](C)Cl)C(=O)OC2CC[N+]3([O-])CC=C(COC(=O)[C@]1(C)O)[C@H]23. The largest absolute Gasteiger partial charge is 0.632 e. The summed E-state index contributed by atoms with van der Waals surface area (Å²) in [6, 6.07) is -0.682. The summed E-state index contributed by atoms with van der Waals surface area (Å²) in [5, 5.41) is 33.5. The third-order valence-corrected chi connectivity index (χ3v) is 6.68. The Morgan fingerprint density at radius 3 is 2.67 bits per heavy atom. The van der Waals surface area contributed by atoms with Crippen molar-refractivity contribution in [2.75, 3.05) is 19.7 Å². The van der Waals surface area contributed by atoms with Gasteiger partial charge in [-0.2, -0.15) is 0 Å². The van der Waals surface area contributed by atoms with Gasteiger partial charge in [0.1, 0.15) is 6.61 Å². The van der Waals surface area contributed by atoms with Crippen molar-refractivity contribution in [2.45, 2.75) is 62.3 Å². The van der Waals surface area contributed by atoms with Crippen molar-refractivity contribution in [1.29, 1.82) is 0 Å². The van der Waals surface area contributed by atoms with Crippen molar-refractivity contribution in [3.8, 4) is 0 Å².